The highest BCUT2D eigenvalue weighted by atomic mass is 16.7. The smallest absolute Gasteiger partial charge is 0.467 e. The van der Waals surface area contributed by atoms with Crippen molar-refractivity contribution in [1.29, 1.82) is 0 Å². The molecule has 2 heterocycles. The molecule has 53 heavy (non-hydrogen) atoms. The Morgan fingerprint density at radius 3 is 1.51 bits per heavy atom. The molecule has 0 unspecified atom stereocenters. The third-order valence-electron chi connectivity index (χ3n) is 11.3. The molecule has 2 aliphatic rings. The molecule has 1 aliphatic heterocycles. The molecule has 3 atom stereocenters. The van der Waals surface area contributed by atoms with E-state index >= 15 is 0 Å². The van der Waals surface area contributed by atoms with Crippen LogP contribution in [0, 0.1) is 5.41 Å². The fourth-order valence-electron chi connectivity index (χ4n) is 8.69. The summed E-state index contributed by atoms with van der Waals surface area (Å²) in [7, 11) is 2.32. The third-order valence-corrected chi connectivity index (χ3v) is 11.3. The van der Waals surface area contributed by atoms with Crippen LogP contribution in [0.2, 0.25) is 0 Å². The first kappa shape index (κ1) is 36.8. The third kappa shape index (κ3) is 6.34. The molecule has 4 aromatic carbocycles. The number of aliphatic hydroxyl groups excluding tert-OH is 1. The summed E-state index contributed by atoms with van der Waals surface area (Å²) in [6.07, 6.45) is 2.05. The van der Waals surface area contributed by atoms with Crippen molar-refractivity contribution in [2.75, 3.05) is 20.8 Å². The summed E-state index contributed by atoms with van der Waals surface area (Å²) in [5, 5.41) is 12.2. The van der Waals surface area contributed by atoms with Gasteiger partial charge in [0.2, 0.25) is 0 Å². The second-order valence-electron chi connectivity index (χ2n) is 13.9. The Bertz CT molecular complexity index is 1730. The molecule has 1 aromatic heterocycles. The largest absolute Gasteiger partial charge is 0.498 e. The van der Waals surface area contributed by atoms with Crippen LogP contribution in [0.4, 0.5) is 0 Å². The second kappa shape index (κ2) is 15.8. The van der Waals surface area contributed by atoms with Crippen LogP contribution in [-0.2, 0) is 39.5 Å². The van der Waals surface area contributed by atoms with Crippen molar-refractivity contribution in [3.63, 3.8) is 0 Å². The van der Waals surface area contributed by atoms with Crippen LogP contribution >= 0.6 is 0 Å². The van der Waals surface area contributed by atoms with Crippen LogP contribution in [0.5, 0.6) is 0 Å². The Balaban J connectivity index is 1.44. The second-order valence-corrected chi connectivity index (χ2v) is 13.9. The number of ether oxygens (including phenoxy) is 3. The normalized spacial score (nSPS) is 19.5. The SMILES string of the molecule is CCOC(=O)C1([C@@H](O)c2occc2B2O[C@@H](C(OC)(c3ccccc3)c3ccccc3)[C@H](C(OC)(c3ccccc3)c3ccccc3)O2)CCCCC1. The summed E-state index contributed by atoms with van der Waals surface area (Å²) in [4.78, 5) is 13.6. The van der Waals surface area contributed by atoms with Crippen LogP contribution < -0.4 is 5.46 Å². The minimum Gasteiger partial charge on any atom is -0.467 e. The number of hydrogen-bond donors (Lipinski definition) is 1. The number of furan rings is 1. The molecule has 9 heteroatoms. The fourth-order valence-corrected chi connectivity index (χ4v) is 8.69. The molecule has 1 saturated carbocycles. The van der Waals surface area contributed by atoms with Gasteiger partial charge in [-0.25, -0.2) is 0 Å². The van der Waals surface area contributed by atoms with E-state index < -0.39 is 48.0 Å². The Morgan fingerprint density at radius 1 is 0.717 bits per heavy atom. The van der Waals surface area contributed by atoms with E-state index in [2.05, 4.69) is 0 Å². The van der Waals surface area contributed by atoms with Crippen molar-refractivity contribution in [2.45, 2.75) is 68.5 Å². The average Bonchev–Trinajstić information content (AvgIpc) is 3.90. The van der Waals surface area contributed by atoms with Crippen molar-refractivity contribution in [3.8, 4) is 0 Å². The molecule has 274 valence electrons. The van der Waals surface area contributed by atoms with E-state index in [0.717, 1.165) is 41.5 Å². The number of carbonyl (C=O) groups is 1. The topological polar surface area (TPSA) is 96.6 Å². The summed E-state index contributed by atoms with van der Waals surface area (Å²) in [5.41, 5.74) is 0.319. The molecular formula is C44H47BO8. The van der Waals surface area contributed by atoms with Gasteiger partial charge in [0.05, 0.1) is 12.9 Å². The van der Waals surface area contributed by atoms with Crippen molar-refractivity contribution < 1.29 is 37.8 Å². The molecule has 1 N–H and O–H groups in total. The van der Waals surface area contributed by atoms with Gasteiger partial charge in [0.1, 0.15) is 40.7 Å². The number of esters is 1. The first-order valence-corrected chi connectivity index (χ1v) is 18.5. The molecule has 7 rings (SSSR count). The number of hydrogen-bond acceptors (Lipinski definition) is 8. The standard InChI is InChI=1S/C44H47BO8/c1-4-50-41(47)42(29-18-9-19-30-42)38(46)37-36(28-31-51-37)45-52-39(43(48-2,32-20-10-5-11-21-32)33-22-12-6-13-23-33)40(53-45)44(49-3,34-24-14-7-15-25-34)35-26-16-8-17-27-35/h5-8,10-17,20-28,31,38-40,46H,4,9,18-19,29-30H2,1-3H3/t38-,39+,40+/m0/s1. The van der Waals surface area contributed by atoms with E-state index in [-0.39, 0.29) is 12.4 Å². The molecule has 0 bridgehead atoms. The zero-order chi connectivity index (χ0) is 36.9. The maximum absolute atomic E-state index is 13.6. The monoisotopic (exact) mass is 714 g/mol. The van der Waals surface area contributed by atoms with Crippen molar-refractivity contribution >= 4 is 18.6 Å². The summed E-state index contributed by atoms with van der Waals surface area (Å²) in [6.45, 7) is 2.00. The number of aliphatic hydroxyl groups is 1. The predicted molar refractivity (Wildman–Crippen MR) is 202 cm³/mol. The Labute approximate surface area is 312 Å². The van der Waals surface area contributed by atoms with Gasteiger partial charge in [0, 0.05) is 19.7 Å². The van der Waals surface area contributed by atoms with Gasteiger partial charge in [0.15, 0.2) is 0 Å². The highest BCUT2D eigenvalue weighted by Crippen LogP contribution is 2.51. The quantitative estimate of drug-likeness (QED) is 0.0991. The molecule has 1 aliphatic carbocycles. The number of rotatable bonds is 13. The van der Waals surface area contributed by atoms with Crippen LogP contribution in [-0.4, -0.2) is 51.2 Å². The fraction of sp³-hybridized carbons (Fsp3) is 0.341. The van der Waals surface area contributed by atoms with E-state index in [1.165, 1.54) is 6.26 Å². The summed E-state index contributed by atoms with van der Waals surface area (Å²) < 4.78 is 39.7. The zero-order valence-corrected chi connectivity index (χ0v) is 30.6. The molecular weight excluding hydrogens is 667 g/mol. The van der Waals surface area contributed by atoms with Crippen LogP contribution in [0.1, 0.15) is 73.1 Å². The van der Waals surface area contributed by atoms with E-state index in [0.29, 0.717) is 18.3 Å². The van der Waals surface area contributed by atoms with Gasteiger partial charge in [-0.3, -0.25) is 4.79 Å². The number of carbonyl (C=O) groups excluding carboxylic acids is 1. The van der Waals surface area contributed by atoms with Gasteiger partial charge in [-0.15, -0.1) is 0 Å². The predicted octanol–water partition coefficient (Wildman–Crippen LogP) is 7.49. The lowest BCUT2D eigenvalue weighted by Crippen LogP contribution is -2.56. The summed E-state index contributed by atoms with van der Waals surface area (Å²) >= 11 is 0. The number of benzene rings is 4. The summed E-state index contributed by atoms with van der Waals surface area (Å²) in [5.74, 6) is -0.203. The van der Waals surface area contributed by atoms with Crippen LogP contribution in [0.15, 0.2) is 138 Å². The van der Waals surface area contributed by atoms with E-state index in [9.17, 15) is 9.90 Å². The molecule has 1 saturated heterocycles. The highest BCUT2D eigenvalue weighted by Gasteiger charge is 2.63. The first-order chi connectivity index (χ1) is 26.0. The first-order valence-electron chi connectivity index (χ1n) is 18.5. The highest BCUT2D eigenvalue weighted by molar-refractivity contribution is 6.62. The maximum atomic E-state index is 13.6. The average molecular weight is 715 g/mol. The van der Waals surface area contributed by atoms with Crippen LogP contribution in [0.3, 0.4) is 0 Å². The zero-order valence-electron chi connectivity index (χ0n) is 30.6. The van der Waals surface area contributed by atoms with Gasteiger partial charge >= 0.3 is 13.1 Å². The van der Waals surface area contributed by atoms with Crippen LogP contribution in [0.25, 0.3) is 0 Å². The lowest BCUT2D eigenvalue weighted by atomic mass is 9.67. The molecule has 2 fully saturated rings. The summed E-state index contributed by atoms with van der Waals surface area (Å²) in [6, 6.07) is 41.7. The van der Waals surface area contributed by atoms with E-state index in [4.69, 9.17) is 27.9 Å². The molecule has 0 amide bonds. The van der Waals surface area contributed by atoms with Crippen molar-refractivity contribution in [3.05, 3.63) is 162 Å². The van der Waals surface area contributed by atoms with E-state index in [1.807, 2.05) is 121 Å². The molecule has 0 radical (unpaired) electrons. The van der Waals surface area contributed by atoms with Crippen molar-refractivity contribution in [1.82, 2.24) is 0 Å². The van der Waals surface area contributed by atoms with Gasteiger partial charge < -0.3 is 33.0 Å². The van der Waals surface area contributed by atoms with Gasteiger partial charge in [-0.05, 0) is 48.1 Å². The van der Waals surface area contributed by atoms with Crippen molar-refractivity contribution in [2.24, 2.45) is 5.41 Å². The van der Waals surface area contributed by atoms with E-state index in [1.54, 1.807) is 27.2 Å². The van der Waals surface area contributed by atoms with Gasteiger partial charge in [-0.1, -0.05) is 141 Å². The molecule has 5 aromatic rings. The van der Waals surface area contributed by atoms with Gasteiger partial charge in [0.25, 0.3) is 0 Å². The molecule has 0 spiro atoms. The Hall–Kier alpha value is -4.51. The lowest BCUT2D eigenvalue weighted by molar-refractivity contribution is -0.168. The van der Waals surface area contributed by atoms with Gasteiger partial charge in [-0.2, -0.15) is 0 Å². The minimum absolute atomic E-state index is 0.215. The Kier molecular flexibility index (Phi) is 11.0. The number of methoxy groups -OCH3 is 2. The maximum Gasteiger partial charge on any atom is 0.498 e. The minimum atomic E-state index is -1.29. The molecule has 8 nitrogen and oxygen atoms in total. The lowest BCUT2D eigenvalue weighted by Gasteiger charge is -2.46. The Morgan fingerprint density at radius 2 is 1.13 bits per heavy atom.